The van der Waals surface area contributed by atoms with Gasteiger partial charge in [0.25, 0.3) is 5.91 Å². The highest BCUT2D eigenvalue weighted by atomic mass is 32.2. The molecule has 1 aromatic rings. The zero-order chi connectivity index (χ0) is 16.5. The van der Waals surface area contributed by atoms with Crippen LogP contribution in [0.25, 0.3) is 0 Å². The van der Waals surface area contributed by atoms with Gasteiger partial charge in [0.05, 0.1) is 12.3 Å². The molecule has 0 saturated carbocycles. The average molecular weight is 324 g/mol. The van der Waals surface area contributed by atoms with Gasteiger partial charge in [0.15, 0.2) is 6.61 Å². The zero-order valence-electron chi connectivity index (χ0n) is 12.9. The van der Waals surface area contributed by atoms with Crippen LogP contribution in [0.3, 0.4) is 0 Å². The number of hydrogen-bond acceptors (Lipinski definition) is 5. The normalized spacial score (nSPS) is 9.95. The van der Waals surface area contributed by atoms with Crippen molar-refractivity contribution in [2.24, 2.45) is 0 Å². The van der Waals surface area contributed by atoms with E-state index in [0.29, 0.717) is 0 Å². The second-order valence-corrected chi connectivity index (χ2v) is 5.66. The number of nitrogens with zero attached hydrogens (tertiary/aromatic N) is 1. The van der Waals surface area contributed by atoms with Crippen molar-refractivity contribution in [2.45, 2.75) is 11.8 Å². The Morgan fingerprint density at radius 1 is 1.27 bits per heavy atom. The number of rotatable bonds is 7. The van der Waals surface area contributed by atoms with E-state index in [1.54, 1.807) is 0 Å². The Labute approximate surface area is 134 Å². The third-order valence-electron chi connectivity index (χ3n) is 2.88. The van der Waals surface area contributed by atoms with Crippen molar-refractivity contribution < 1.29 is 19.1 Å². The first kappa shape index (κ1) is 18.0. The summed E-state index contributed by atoms with van der Waals surface area (Å²) in [7, 11) is 2.97. The van der Waals surface area contributed by atoms with Crippen molar-refractivity contribution in [2.75, 3.05) is 33.0 Å². The summed E-state index contributed by atoms with van der Waals surface area (Å²) in [6.07, 6.45) is 0. The molecular weight excluding hydrogens is 304 g/mol. The van der Waals surface area contributed by atoms with Crippen LogP contribution in [0.2, 0.25) is 0 Å². The van der Waals surface area contributed by atoms with Gasteiger partial charge in [-0.3, -0.25) is 14.4 Å². The number of amides is 2. The van der Waals surface area contributed by atoms with Crippen molar-refractivity contribution in [3.05, 3.63) is 29.8 Å². The van der Waals surface area contributed by atoms with Gasteiger partial charge >= 0.3 is 5.97 Å². The highest BCUT2D eigenvalue weighted by molar-refractivity contribution is 8.00. The van der Waals surface area contributed by atoms with Crippen molar-refractivity contribution in [1.82, 2.24) is 10.2 Å². The third-order valence-corrected chi connectivity index (χ3v) is 4.03. The molecule has 0 fully saturated rings. The Morgan fingerprint density at radius 3 is 2.59 bits per heavy atom. The van der Waals surface area contributed by atoms with Crippen LogP contribution in [0.4, 0.5) is 0 Å². The predicted molar refractivity (Wildman–Crippen MR) is 84.6 cm³/mol. The van der Waals surface area contributed by atoms with Crippen molar-refractivity contribution in [3.8, 4) is 0 Å². The van der Waals surface area contributed by atoms with E-state index in [1.807, 2.05) is 31.2 Å². The largest absolute Gasteiger partial charge is 0.455 e. The lowest BCUT2D eigenvalue weighted by molar-refractivity contribution is -0.149. The quantitative estimate of drug-likeness (QED) is 0.594. The molecule has 7 heteroatoms. The van der Waals surface area contributed by atoms with Gasteiger partial charge in [0, 0.05) is 19.0 Å². The lowest BCUT2D eigenvalue weighted by atomic mass is 10.2. The molecular formula is C15H20N2O4S. The summed E-state index contributed by atoms with van der Waals surface area (Å²) in [5.74, 6) is -1.03. The highest BCUT2D eigenvalue weighted by Crippen LogP contribution is 2.21. The van der Waals surface area contributed by atoms with E-state index in [0.717, 1.165) is 10.5 Å². The van der Waals surface area contributed by atoms with Gasteiger partial charge in [0.2, 0.25) is 5.91 Å². The summed E-state index contributed by atoms with van der Waals surface area (Å²) in [6, 6.07) is 7.72. The lowest BCUT2D eigenvalue weighted by Crippen LogP contribution is -2.39. The van der Waals surface area contributed by atoms with E-state index >= 15 is 0 Å². The van der Waals surface area contributed by atoms with Gasteiger partial charge in [-0.05, 0) is 18.6 Å². The highest BCUT2D eigenvalue weighted by Gasteiger charge is 2.14. The summed E-state index contributed by atoms with van der Waals surface area (Å²) < 4.78 is 4.92. The number of aryl methyl sites for hydroxylation is 1. The van der Waals surface area contributed by atoms with Crippen molar-refractivity contribution in [3.63, 3.8) is 0 Å². The van der Waals surface area contributed by atoms with Gasteiger partial charge in [-0.1, -0.05) is 18.2 Å². The molecule has 0 aromatic heterocycles. The van der Waals surface area contributed by atoms with Gasteiger partial charge in [-0.2, -0.15) is 0 Å². The number of esters is 1. The summed E-state index contributed by atoms with van der Waals surface area (Å²) in [6.45, 7) is 1.54. The molecule has 0 unspecified atom stereocenters. The number of ether oxygens (including phenoxy) is 1. The van der Waals surface area contributed by atoms with E-state index in [2.05, 4.69) is 5.32 Å². The van der Waals surface area contributed by atoms with Crippen molar-refractivity contribution >= 4 is 29.5 Å². The predicted octanol–water partition coefficient (Wildman–Crippen LogP) is 0.835. The number of carbonyl (C=O) groups is 3. The standard InChI is InChI=1S/C15H20N2O4S/c1-11-6-4-5-7-12(11)22-10-15(20)21-9-14(19)17(3)8-13(18)16-2/h4-7H,8-10H2,1-3H3,(H,16,18). The maximum atomic E-state index is 11.7. The van der Waals surface area contributed by atoms with Crippen LogP contribution in [0.15, 0.2) is 29.2 Å². The van der Waals surface area contributed by atoms with Gasteiger partial charge in [0.1, 0.15) is 0 Å². The number of likely N-dealkylation sites (N-methyl/N-ethyl adjacent to an activating group) is 2. The second kappa shape index (κ2) is 9.09. The molecule has 1 aromatic carbocycles. The van der Waals surface area contributed by atoms with Crippen molar-refractivity contribution in [1.29, 1.82) is 0 Å². The number of nitrogens with one attached hydrogen (secondary N) is 1. The van der Waals surface area contributed by atoms with Crippen LogP contribution in [-0.2, 0) is 19.1 Å². The molecule has 6 nitrogen and oxygen atoms in total. The molecule has 0 aliphatic heterocycles. The fourth-order valence-electron chi connectivity index (χ4n) is 1.53. The molecule has 0 aliphatic carbocycles. The lowest BCUT2D eigenvalue weighted by Gasteiger charge is -2.15. The number of benzene rings is 1. The molecule has 1 rings (SSSR count). The SMILES string of the molecule is CNC(=O)CN(C)C(=O)COC(=O)CSc1ccccc1C. The first-order valence-corrected chi connectivity index (χ1v) is 7.71. The molecule has 0 aliphatic rings. The van der Waals surface area contributed by atoms with Crippen LogP contribution in [0.5, 0.6) is 0 Å². The minimum atomic E-state index is -0.463. The van der Waals surface area contributed by atoms with Crippen LogP contribution in [-0.4, -0.2) is 55.7 Å². The Hall–Kier alpha value is -2.02. The van der Waals surface area contributed by atoms with E-state index < -0.39 is 11.9 Å². The molecule has 1 N–H and O–H groups in total. The third kappa shape index (κ3) is 6.17. The molecule has 2 amide bonds. The van der Waals surface area contributed by atoms with Crippen LogP contribution < -0.4 is 5.32 Å². The molecule has 0 heterocycles. The van der Waals surface area contributed by atoms with Gasteiger partial charge in [-0.25, -0.2) is 0 Å². The smallest absolute Gasteiger partial charge is 0.316 e. The molecule has 0 spiro atoms. The number of carbonyl (C=O) groups excluding carboxylic acids is 3. The molecule has 0 atom stereocenters. The van der Waals surface area contributed by atoms with E-state index in [1.165, 1.54) is 30.8 Å². The summed E-state index contributed by atoms with van der Waals surface area (Å²) in [5, 5.41) is 2.42. The Bertz CT molecular complexity index is 548. The maximum Gasteiger partial charge on any atom is 0.316 e. The minimum absolute atomic E-state index is 0.0646. The topological polar surface area (TPSA) is 75.7 Å². The van der Waals surface area contributed by atoms with E-state index in [4.69, 9.17) is 4.74 Å². The van der Waals surface area contributed by atoms with Gasteiger partial charge < -0.3 is 15.0 Å². The Kier molecular flexibility index (Phi) is 7.45. The number of hydrogen-bond donors (Lipinski definition) is 1. The van der Waals surface area contributed by atoms with Crippen LogP contribution in [0, 0.1) is 6.92 Å². The molecule has 0 saturated heterocycles. The maximum absolute atomic E-state index is 11.7. The second-order valence-electron chi connectivity index (χ2n) is 4.64. The molecule has 0 radical (unpaired) electrons. The average Bonchev–Trinajstić information content (AvgIpc) is 2.51. The van der Waals surface area contributed by atoms with E-state index in [-0.39, 0.29) is 24.8 Å². The first-order valence-electron chi connectivity index (χ1n) is 6.72. The monoisotopic (exact) mass is 324 g/mol. The van der Waals surface area contributed by atoms with Crippen LogP contribution in [0.1, 0.15) is 5.56 Å². The van der Waals surface area contributed by atoms with Crippen LogP contribution >= 0.6 is 11.8 Å². The Balaban J connectivity index is 2.32. The minimum Gasteiger partial charge on any atom is -0.455 e. The Morgan fingerprint density at radius 2 is 1.95 bits per heavy atom. The summed E-state index contributed by atoms with van der Waals surface area (Å²) in [5.41, 5.74) is 1.08. The van der Waals surface area contributed by atoms with E-state index in [9.17, 15) is 14.4 Å². The van der Waals surface area contributed by atoms with Gasteiger partial charge in [-0.15, -0.1) is 11.8 Å². The number of thioether (sulfide) groups is 1. The zero-order valence-corrected chi connectivity index (χ0v) is 13.7. The molecule has 22 heavy (non-hydrogen) atoms. The molecule has 120 valence electrons. The first-order chi connectivity index (χ1) is 10.4. The fourth-order valence-corrected chi connectivity index (χ4v) is 2.36. The molecule has 0 bridgehead atoms. The summed E-state index contributed by atoms with van der Waals surface area (Å²) >= 11 is 1.37. The fraction of sp³-hybridized carbons (Fsp3) is 0.400. The summed E-state index contributed by atoms with van der Waals surface area (Å²) in [4.78, 5) is 36.7.